The quantitative estimate of drug-likeness (QED) is 0.516. The van der Waals surface area contributed by atoms with Crippen molar-refractivity contribution in [3.8, 4) is 11.5 Å². The van der Waals surface area contributed by atoms with Gasteiger partial charge in [-0.3, -0.25) is 4.79 Å². The van der Waals surface area contributed by atoms with E-state index in [2.05, 4.69) is 4.74 Å². The topological polar surface area (TPSA) is 82.1 Å². The van der Waals surface area contributed by atoms with Crippen LogP contribution < -0.4 is 9.47 Å². The van der Waals surface area contributed by atoms with Crippen molar-refractivity contribution in [3.63, 3.8) is 0 Å². The van der Waals surface area contributed by atoms with Gasteiger partial charge in [0.05, 0.1) is 17.9 Å². The van der Waals surface area contributed by atoms with E-state index in [1.807, 2.05) is 6.07 Å². The minimum atomic E-state index is -3.61. The maximum Gasteiger partial charge on any atom is 0.387 e. The van der Waals surface area contributed by atoms with E-state index in [-0.39, 0.29) is 31.2 Å². The van der Waals surface area contributed by atoms with Gasteiger partial charge in [-0.05, 0) is 73.1 Å². The van der Waals surface area contributed by atoms with Crippen molar-refractivity contribution < 1.29 is 36.2 Å². The fraction of sp³-hybridized carbons (Fsp3) is 0.458. The Morgan fingerprint density at radius 3 is 2.50 bits per heavy atom. The third kappa shape index (κ3) is 5.33. The number of rotatable bonds is 8. The molecule has 0 atom stereocenters. The number of nitrogens with zero attached hydrogens (tertiary/aromatic N) is 1. The molecule has 2 aliphatic rings. The molecule has 2 aromatic rings. The number of methoxy groups -OCH3 is 1. The van der Waals surface area contributed by atoms with Crippen LogP contribution in [0.25, 0.3) is 0 Å². The van der Waals surface area contributed by atoms with E-state index in [0.29, 0.717) is 23.3 Å². The van der Waals surface area contributed by atoms with Crippen LogP contribution in [0.4, 0.5) is 8.78 Å². The van der Waals surface area contributed by atoms with Crippen LogP contribution >= 0.6 is 0 Å². The number of esters is 1. The Hall–Kier alpha value is -2.72. The summed E-state index contributed by atoms with van der Waals surface area (Å²) in [4.78, 5) is 12.9. The van der Waals surface area contributed by atoms with Crippen molar-refractivity contribution in [2.45, 2.75) is 50.2 Å². The Bertz CT molecular complexity index is 1150. The van der Waals surface area contributed by atoms with E-state index in [4.69, 9.17) is 9.47 Å². The largest absolute Gasteiger partial charge is 0.493 e. The van der Waals surface area contributed by atoms with Crippen LogP contribution in [0.2, 0.25) is 0 Å². The van der Waals surface area contributed by atoms with Gasteiger partial charge in [-0.1, -0.05) is 12.1 Å². The molecular weight excluding hydrogens is 468 g/mol. The molecule has 7 nitrogen and oxygen atoms in total. The summed E-state index contributed by atoms with van der Waals surface area (Å²) in [6.45, 7) is -2.55. The first-order valence-corrected chi connectivity index (χ1v) is 12.6. The number of hydrogen-bond acceptors (Lipinski definition) is 6. The van der Waals surface area contributed by atoms with E-state index in [1.165, 1.54) is 35.2 Å². The molecule has 184 valence electrons. The molecule has 4 rings (SSSR count). The number of alkyl halides is 2. The van der Waals surface area contributed by atoms with Gasteiger partial charge in [0.25, 0.3) is 0 Å². The number of hydrogen-bond donors (Lipinski definition) is 0. The number of benzene rings is 2. The zero-order valence-corrected chi connectivity index (χ0v) is 19.7. The summed E-state index contributed by atoms with van der Waals surface area (Å²) >= 11 is 0. The highest BCUT2D eigenvalue weighted by molar-refractivity contribution is 7.89. The Kier molecular flexibility index (Phi) is 7.37. The number of ether oxygens (including phenoxy) is 3. The van der Waals surface area contributed by atoms with Crippen LogP contribution in [0.15, 0.2) is 41.3 Å². The third-order valence-electron chi connectivity index (χ3n) is 6.32. The number of carbonyl (C=O) groups is 1. The molecule has 2 aromatic carbocycles. The SMILES string of the molecule is COc1cc(COC(=O)C2CCN(S(=O)(=O)c3ccc4c(c3)CCC4)CC2)ccc1OC(F)F. The zero-order chi connectivity index (χ0) is 24.3. The fourth-order valence-corrected chi connectivity index (χ4v) is 5.98. The molecule has 1 aliphatic carbocycles. The van der Waals surface area contributed by atoms with Crippen molar-refractivity contribution in [3.05, 3.63) is 53.1 Å². The second-order valence-electron chi connectivity index (χ2n) is 8.43. The van der Waals surface area contributed by atoms with Gasteiger partial charge in [0.15, 0.2) is 11.5 Å². The number of halogens is 2. The molecule has 0 radical (unpaired) electrons. The van der Waals surface area contributed by atoms with Gasteiger partial charge in [-0.2, -0.15) is 13.1 Å². The lowest BCUT2D eigenvalue weighted by Crippen LogP contribution is -2.40. The van der Waals surface area contributed by atoms with Gasteiger partial charge in [0, 0.05) is 13.1 Å². The van der Waals surface area contributed by atoms with Crippen molar-refractivity contribution >= 4 is 16.0 Å². The average Bonchev–Trinajstić information content (AvgIpc) is 3.31. The predicted octanol–water partition coefficient (Wildman–Crippen LogP) is 3.93. The Balaban J connectivity index is 1.31. The van der Waals surface area contributed by atoms with E-state index >= 15 is 0 Å². The van der Waals surface area contributed by atoms with Crippen LogP contribution in [0.1, 0.15) is 36.0 Å². The molecule has 0 aromatic heterocycles. The average molecular weight is 496 g/mol. The van der Waals surface area contributed by atoms with Gasteiger partial charge in [0.1, 0.15) is 6.61 Å². The van der Waals surface area contributed by atoms with Crippen LogP contribution in [-0.4, -0.2) is 45.5 Å². The summed E-state index contributed by atoms with van der Waals surface area (Å²) in [5, 5.41) is 0. The van der Waals surface area contributed by atoms with Crippen LogP contribution in [0.3, 0.4) is 0 Å². The monoisotopic (exact) mass is 495 g/mol. The molecule has 34 heavy (non-hydrogen) atoms. The standard InChI is InChI=1S/C24H27F2NO6S/c1-31-22-13-16(5-8-21(22)33-24(25)26)15-32-23(28)18-9-11-27(12-10-18)34(29,30)20-7-6-17-3-2-4-19(17)14-20/h5-8,13-14,18,24H,2-4,9-12,15H2,1H3. The lowest BCUT2D eigenvalue weighted by atomic mass is 9.98. The van der Waals surface area contributed by atoms with E-state index in [9.17, 15) is 22.0 Å². The number of fused-ring (bicyclic) bond motifs is 1. The second-order valence-corrected chi connectivity index (χ2v) is 10.4. The van der Waals surface area contributed by atoms with Crippen LogP contribution in [0.5, 0.6) is 11.5 Å². The van der Waals surface area contributed by atoms with Crippen LogP contribution in [-0.2, 0) is 39.0 Å². The number of aryl methyl sites for hydroxylation is 2. The molecule has 0 saturated carbocycles. The van der Waals surface area contributed by atoms with Crippen molar-refractivity contribution in [2.24, 2.45) is 5.92 Å². The Labute approximate surface area is 197 Å². The summed E-state index contributed by atoms with van der Waals surface area (Å²) in [7, 11) is -2.28. The lowest BCUT2D eigenvalue weighted by molar-refractivity contribution is -0.151. The minimum absolute atomic E-state index is 0.0577. The molecule has 0 N–H and O–H groups in total. The smallest absolute Gasteiger partial charge is 0.387 e. The summed E-state index contributed by atoms with van der Waals surface area (Å²) < 4.78 is 67.3. The van der Waals surface area contributed by atoms with E-state index in [0.717, 1.165) is 24.8 Å². The van der Waals surface area contributed by atoms with Crippen molar-refractivity contribution in [1.82, 2.24) is 4.31 Å². The number of carbonyl (C=O) groups excluding carboxylic acids is 1. The summed E-state index contributed by atoms with van der Waals surface area (Å²) in [5.41, 5.74) is 2.88. The maximum atomic E-state index is 13.1. The second kappa shape index (κ2) is 10.3. The van der Waals surface area contributed by atoms with Gasteiger partial charge < -0.3 is 14.2 Å². The molecule has 1 heterocycles. The first-order chi connectivity index (χ1) is 16.3. The minimum Gasteiger partial charge on any atom is -0.493 e. The zero-order valence-electron chi connectivity index (χ0n) is 18.8. The van der Waals surface area contributed by atoms with Crippen molar-refractivity contribution in [1.29, 1.82) is 0 Å². The first-order valence-electron chi connectivity index (χ1n) is 11.2. The normalized spacial score (nSPS) is 16.9. The highest BCUT2D eigenvalue weighted by Crippen LogP contribution is 2.31. The third-order valence-corrected chi connectivity index (χ3v) is 8.21. The number of piperidine rings is 1. The maximum absolute atomic E-state index is 13.1. The predicted molar refractivity (Wildman–Crippen MR) is 119 cm³/mol. The molecule has 1 aliphatic heterocycles. The molecule has 0 unspecified atom stereocenters. The first kappa shape index (κ1) is 24.4. The van der Waals surface area contributed by atoms with Crippen LogP contribution in [0, 0.1) is 5.92 Å². The van der Waals surface area contributed by atoms with Gasteiger partial charge in [0.2, 0.25) is 10.0 Å². The molecule has 0 spiro atoms. The van der Waals surface area contributed by atoms with E-state index < -0.39 is 28.5 Å². The van der Waals surface area contributed by atoms with Crippen molar-refractivity contribution in [2.75, 3.05) is 20.2 Å². The highest BCUT2D eigenvalue weighted by atomic mass is 32.2. The molecule has 0 amide bonds. The Morgan fingerprint density at radius 2 is 1.79 bits per heavy atom. The molecule has 1 saturated heterocycles. The molecular formula is C24H27F2NO6S. The molecule has 0 bridgehead atoms. The highest BCUT2D eigenvalue weighted by Gasteiger charge is 2.33. The van der Waals surface area contributed by atoms with Gasteiger partial charge >= 0.3 is 12.6 Å². The Morgan fingerprint density at radius 1 is 1.06 bits per heavy atom. The van der Waals surface area contributed by atoms with E-state index in [1.54, 1.807) is 12.1 Å². The number of sulfonamides is 1. The summed E-state index contributed by atoms with van der Waals surface area (Å²) in [6, 6.07) is 9.67. The van der Waals surface area contributed by atoms with Gasteiger partial charge in [-0.25, -0.2) is 8.42 Å². The lowest BCUT2D eigenvalue weighted by Gasteiger charge is -2.30. The summed E-state index contributed by atoms with van der Waals surface area (Å²) in [5.74, 6) is -0.820. The molecule has 10 heteroatoms. The molecule has 1 fully saturated rings. The summed E-state index contributed by atoms with van der Waals surface area (Å²) in [6.07, 6.45) is 3.68. The fourth-order valence-electron chi connectivity index (χ4n) is 4.46. The van der Waals surface area contributed by atoms with Gasteiger partial charge in [-0.15, -0.1) is 0 Å².